The average molecular weight is 311 g/mol. The predicted molar refractivity (Wildman–Crippen MR) is 79.1 cm³/mol. The molecular formula is C15H25N3O4. The van der Waals surface area contributed by atoms with E-state index in [-0.39, 0.29) is 5.91 Å². The average Bonchev–Trinajstić information content (AvgIpc) is 3.02. The quantitative estimate of drug-likeness (QED) is 0.656. The number of hydrogen-bond donors (Lipinski definition) is 0. The Balaban J connectivity index is 1.37. The monoisotopic (exact) mass is 311 g/mol. The van der Waals surface area contributed by atoms with Crippen LogP contribution in [0.2, 0.25) is 0 Å². The van der Waals surface area contributed by atoms with Crippen LogP contribution in [0.3, 0.4) is 0 Å². The number of rotatable bonds is 4. The summed E-state index contributed by atoms with van der Waals surface area (Å²) >= 11 is 0. The van der Waals surface area contributed by atoms with Gasteiger partial charge in [-0.1, -0.05) is 0 Å². The van der Waals surface area contributed by atoms with Crippen molar-refractivity contribution >= 4 is 12.3 Å². The summed E-state index contributed by atoms with van der Waals surface area (Å²) < 4.78 is 11.4. The molecule has 0 bridgehead atoms. The molecule has 0 aromatic heterocycles. The zero-order chi connectivity index (χ0) is 15.4. The Morgan fingerprint density at radius 1 is 1.00 bits per heavy atom. The number of likely N-dealkylation sites (tertiary alicyclic amines) is 1. The number of nitrogens with zero attached hydrogens (tertiary/aromatic N) is 3. The van der Waals surface area contributed by atoms with Crippen molar-refractivity contribution in [1.82, 2.24) is 14.7 Å². The Kier molecular flexibility index (Phi) is 4.95. The van der Waals surface area contributed by atoms with E-state index < -0.39 is 5.79 Å². The molecule has 0 atom stereocenters. The molecule has 0 aromatic rings. The van der Waals surface area contributed by atoms with E-state index in [9.17, 15) is 9.59 Å². The van der Waals surface area contributed by atoms with Gasteiger partial charge in [-0.05, 0) is 0 Å². The van der Waals surface area contributed by atoms with E-state index in [0.29, 0.717) is 19.6 Å². The molecule has 0 aromatic carbocycles. The van der Waals surface area contributed by atoms with Crippen molar-refractivity contribution in [2.45, 2.75) is 25.0 Å². The fourth-order valence-electron chi connectivity index (χ4n) is 3.39. The Morgan fingerprint density at radius 3 is 2.23 bits per heavy atom. The minimum absolute atomic E-state index is 0.214. The number of piperazine rings is 1. The smallest absolute Gasteiger partial charge is 0.223 e. The van der Waals surface area contributed by atoms with Gasteiger partial charge in [0.15, 0.2) is 5.79 Å². The van der Waals surface area contributed by atoms with Crippen molar-refractivity contribution in [3.05, 3.63) is 0 Å². The second kappa shape index (κ2) is 6.93. The third-order valence-electron chi connectivity index (χ3n) is 4.89. The summed E-state index contributed by atoms with van der Waals surface area (Å²) in [7, 11) is 0. The van der Waals surface area contributed by atoms with E-state index in [1.165, 1.54) is 0 Å². The van der Waals surface area contributed by atoms with Gasteiger partial charge in [-0.3, -0.25) is 14.5 Å². The largest absolute Gasteiger partial charge is 0.347 e. The topological polar surface area (TPSA) is 62.3 Å². The van der Waals surface area contributed by atoms with Crippen molar-refractivity contribution in [3.63, 3.8) is 0 Å². The number of amides is 2. The molecule has 3 saturated heterocycles. The molecule has 0 N–H and O–H groups in total. The molecule has 3 aliphatic rings. The van der Waals surface area contributed by atoms with Gasteiger partial charge >= 0.3 is 0 Å². The first kappa shape index (κ1) is 15.7. The van der Waals surface area contributed by atoms with Gasteiger partial charge < -0.3 is 19.3 Å². The van der Waals surface area contributed by atoms with Gasteiger partial charge in [0.05, 0.1) is 13.2 Å². The van der Waals surface area contributed by atoms with Gasteiger partial charge in [0.25, 0.3) is 0 Å². The van der Waals surface area contributed by atoms with Gasteiger partial charge in [0.2, 0.25) is 12.3 Å². The molecule has 7 nitrogen and oxygen atoms in total. The molecule has 124 valence electrons. The first-order valence-corrected chi connectivity index (χ1v) is 8.18. The number of piperidine rings is 1. The molecule has 2 amide bonds. The van der Waals surface area contributed by atoms with Crippen molar-refractivity contribution < 1.29 is 19.1 Å². The van der Waals surface area contributed by atoms with Gasteiger partial charge in [-0.25, -0.2) is 0 Å². The predicted octanol–water partition coefficient (Wildman–Crippen LogP) is -0.484. The Bertz CT molecular complexity index is 394. The number of ether oxygens (including phenoxy) is 2. The molecule has 7 heteroatoms. The fraction of sp³-hybridized carbons (Fsp3) is 0.867. The first-order valence-electron chi connectivity index (χ1n) is 8.18. The lowest BCUT2D eigenvalue weighted by Gasteiger charge is -2.38. The highest BCUT2D eigenvalue weighted by atomic mass is 16.7. The molecular weight excluding hydrogens is 286 g/mol. The first-order chi connectivity index (χ1) is 10.7. The standard InChI is InChI=1S/C15H25N3O4/c19-13-17-9-7-16(8-10-17)4-1-14(20)18-5-2-15(3-6-18)21-11-12-22-15/h13H,1-12H2. The van der Waals surface area contributed by atoms with E-state index in [0.717, 1.165) is 65.1 Å². The SMILES string of the molecule is O=CN1CCN(CCC(=O)N2CCC3(CC2)OCCO3)CC1. The van der Waals surface area contributed by atoms with E-state index in [2.05, 4.69) is 4.90 Å². The minimum Gasteiger partial charge on any atom is -0.347 e. The molecule has 3 rings (SSSR count). The molecule has 0 radical (unpaired) electrons. The van der Waals surface area contributed by atoms with Gasteiger partial charge in [-0.15, -0.1) is 0 Å². The van der Waals surface area contributed by atoms with Crippen LogP contribution in [-0.4, -0.2) is 91.8 Å². The Labute approximate surface area is 131 Å². The molecule has 1 spiro atoms. The molecule has 22 heavy (non-hydrogen) atoms. The number of carbonyl (C=O) groups excluding carboxylic acids is 2. The summed E-state index contributed by atoms with van der Waals surface area (Å²) in [5, 5.41) is 0. The van der Waals surface area contributed by atoms with Crippen LogP contribution < -0.4 is 0 Å². The summed E-state index contributed by atoms with van der Waals surface area (Å²) in [5.41, 5.74) is 0. The maximum absolute atomic E-state index is 12.3. The van der Waals surface area contributed by atoms with Gasteiger partial charge in [-0.2, -0.15) is 0 Å². The minimum atomic E-state index is -0.415. The molecule has 0 unspecified atom stereocenters. The van der Waals surface area contributed by atoms with Crippen LogP contribution >= 0.6 is 0 Å². The van der Waals surface area contributed by atoms with Crippen molar-refractivity contribution in [3.8, 4) is 0 Å². The number of carbonyl (C=O) groups is 2. The van der Waals surface area contributed by atoms with Gasteiger partial charge in [0.1, 0.15) is 0 Å². The van der Waals surface area contributed by atoms with Crippen LogP contribution in [0.15, 0.2) is 0 Å². The van der Waals surface area contributed by atoms with Crippen molar-refractivity contribution in [2.24, 2.45) is 0 Å². The third kappa shape index (κ3) is 3.59. The fourth-order valence-corrected chi connectivity index (χ4v) is 3.39. The summed E-state index contributed by atoms with van der Waals surface area (Å²) in [6.07, 6.45) is 3.00. The molecule has 3 aliphatic heterocycles. The van der Waals surface area contributed by atoms with Crippen molar-refractivity contribution in [1.29, 1.82) is 0 Å². The molecule has 3 fully saturated rings. The van der Waals surface area contributed by atoms with Crippen LogP contribution in [0.4, 0.5) is 0 Å². The Hall–Kier alpha value is -1.18. The zero-order valence-electron chi connectivity index (χ0n) is 13.0. The van der Waals surface area contributed by atoms with Crippen molar-refractivity contribution in [2.75, 3.05) is 59.0 Å². The van der Waals surface area contributed by atoms with Crippen LogP contribution in [0, 0.1) is 0 Å². The third-order valence-corrected chi connectivity index (χ3v) is 4.89. The lowest BCUT2D eigenvalue weighted by atomic mass is 10.0. The highest BCUT2D eigenvalue weighted by Crippen LogP contribution is 2.31. The zero-order valence-corrected chi connectivity index (χ0v) is 13.0. The Morgan fingerprint density at radius 2 is 1.64 bits per heavy atom. The van der Waals surface area contributed by atoms with Crippen LogP contribution in [0.1, 0.15) is 19.3 Å². The van der Waals surface area contributed by atoms with Crippen LogP contribution in [0.5, 0.6) is 0 Å². The van der Waals surface area contributed by atoms with E-state index >= 15 is 0 Å². The summed E-state index contributed by atoms with van der Waals surface area (Å²) in [5.74, 6) is -0.201. The van der Waals surface area contributed by atoms with Crippen LogP contribution in [0.25, 0.3) is 0 Å². The highest BCUT2D eigenvalue weighted by Gasteiger charge is 2.40. The summed E-state index contributed by atoms with van der Waals surface area (Å²) in [6.45, 7) is 6.79. The lowest BCUT2D eigenvalue weighted by Crippen LogP contribution is -2.49. The molecule has 0 aliphatic carbocycles. The van der Waals surface area contributed by atoms with E-state index in [1.807, 2.05) is 4.90 Å². The second-order valence-electron chi connectivity index (χ2n) is 6.22. The highest BCUT2D eigenvalue weighted by molar-refractivity contribution is 5.76. The summed E-state index contributed by atoms with van der Waals surface area (Å²) in [6, 6.07) is 0. The summed E-state index contributed by atoms with van der Waals surface area (Å²) in [4.78, 5) is 29.0. The van der Waals surface area contributed by atoms with E-state index in [1.54, 1.807) is 4.90 Å². The maximum Gasteiger partial charge on any atom is 0.223 e. The normalized spacial score (nSPS) is 25.6. The van der Waals surface area contributed by atoms with E-state index in [4.69, 9.17) is 9.47 Å². The van der Waals surface area contributed by atoms with Gasteiger partial charge in [0, 0.05) is 65.1 Å². The number of hydrogen-bond acceptors (Lipinski definition) is 5. The molecule has 3 heterocycles. The second-order valence-corrected chi connectivity index (χ2v) is 6.22. The maximum atomic E-state index is 12.3. The van der Waals surface area contributed by atoms with Crippen LogP contribution in [-0.2, 0) is 19.1 Å². The lowest BCUT2D eigenvalue weighted by molar-refractivity contribution is -0.187. The molecule has 0 saturated carbocycles.